The number of benzene rings is 3. The SMILES string of the molecule is COc1cc(CO)c(P(c2c(CO)cc(OC)cc2OC)c2c(OC)cc(CO)cc2OC)c(CO)c1. The maximum atomic E-state index is 10.5. The predicted octanol–water partition coefficient (Wildman–Crippen LogP) is 1.46. The molecular weight excluding hydrogens is 499 g/mol. The molecule has 4 N–H and O–H groups in total. The highest BCUT2D eigenvalue weighted by molar-refractivity contribution is 7.80. The van der Waals surface area contributed by atoms with E-state index in [4.69, 9.17) is 23.7 Å². The number of hydrogen-bond donors (Lipinski definition) is 4. The van der Waals surface area contributed by atoms with Crippen molar-refractivity contribution in [2.75, 3.05) is 35.5 Å². The normalized spacial score (nSPS) is 11.7. The number of aliphatic hydroxyl groups excluding tert-OH is 4. The topological polar surface area (TPSA) is 127 Å². The molecule has 3 aromatic carbocycles. The summed E-state index contributed by atoms with van der Waals surface area (Å²) in [7, 11) is 5.87. The van der Waals surface area contributed by atoms with Crippen molar-refractivity contribution in [1.82, 2.24) is 0 Å². The molecular formula is C27H33O9P. The standard InChI is InChI=1S/C27H33O9P/c1-32-20-8-17(13-29)25(18(9-20)14-30)37(26-19(15-31)10-21(33-2)11-24(26)36-5)27-22(34-3)6-16(12-28)7-23(27)35-4/h6-11,28-31H,12-15H2,1-5H3. The minimum Gasteiger partial charge on any atom is -0.497 e. The molecule has 0 heterocycles. The van der Waals surface area contributed by atoms with Gasteiger partial charge < -0.3 is 44.1 Å². The van der Waals surface area contributed by atoms with Crippen LogP contribution < -0.4 is 39.6 Å². The highest BCUT2D eigenvalue weighted by atomic mass is 31.1. The van der Waals surface area contributed by atoms with Crippen LogP contribution in [0.1, 0.15) is 22.3 Å². The Balaban J connectivity index is 2.59. The van der Waals surface area contributed by atoms with E-state index >= 15 is 0 Å². The molecule has 3 aromatic rings. The fourth-order valence-electron chi connectivity index (χ4n) is 4.25. The van der Waals surface area contributed by atoms with Crippen LogP contribution >= 0.6 is 7.92 Å². The van der Waals surface area contributed by atoms with Crippen LogP contribution in [0, 0.1) is 0 Å². The maximum absolute atomic E-state index is 10.5. The van der Waals surface area contributed by atoms with Gasteiger partial charge in [0.15, 0.2) is 0 Å². The summed E-state index contributed by atoms with van der Waals surface area (Å²) in [5.41, 5.74) is 2.15. The minimum atomic E-state index is -1.71. The first-order valence-electron chi connectivity index (χ1n) is 11.4. The molecule has 0 aliphatic rings. The summed E-state index contributed by atoms with van der Waals surface area (Å²) in [6.45, 7) is -1.25. The van der Waals surface area contributed by atoms with E-state index in [1.165, 1.54) is 35.5 Å². The van der Waals surface area contributed by atoms with Gasteiger partial charge in [-0.3, -0.25) is 0 Å². The average Bonchev–Trinajstić information content (AvgIpc) is 2.96. The minimum absolute atomic E-state index is 0.231. The molecule has 0 aliphatic heterocycles. The summed E-state index contributed by atoms with van der Waals surface area (Å²) in [5, 5.41) is 43.1. The van der Waals surface area contributed by atoms with E-state index in [0.29, 0.717) is 66.9 Å². The number of ether oxygens (including phenoxy) is 5. The summed E-state index contributed by atoms with van der Waals surface area (Å²) in [6, 6.07) is 10.3. The lowest BCUT2D eigenvalue weighted by molar-refractivity contribution is 0.276. The zero-order valence-electron chi connectivity index (χ0n) is 21.6. The highest BCUT2D eigenvalue weighted by Gasteiger charge is 2.33. The van der Waals surface area contributed by atoms with E-state index in [1.807, 2.05) is 0 Å². The number of methoxy groups -OCH3 is 5. The molecule has 0 radical (unpaired) electrons. The Morgan fingerprint density at radius 2 is 0.892 bits per heavy atom. The molecule has 0 spiro atoms. The van der Waals surface area contributed by atoms with Crippen LogP contribution in [0.2, 0.25) is 0 Å². The van der Waals surface area contributed by atoms with Crippen molar-refractivity contribution in [2.45, 2.75) is 26.4 Å². The first-order chi connectivity index (χ1) is 17.9. The lowest BCUT2D eigenvalue weighted by Crippen LogP contribution is -2.31. The molecule has 10 heteroatoms. The van der Waals surface area contributed by atoms with Gasteiger partial charge >= 0.3 is 0 Å². The Morgan fingerprint density at radius 3 is 1.27 bits per heavy atom. The summed E-state index contributed by atoms with van der Waals surface area (Å²) in [5.74, 6) is 2.27. The monoisotopic (exact) mass is 532 g/mol. The molecule has 9 nitrogen and oxygen atoms in total. The molecule has 200 valence electrons. The number of hydrogen-bond acceptors (Lipinski definition) is 9. The predicted molar refractivity (Wildman–Crippen MR) is 142 cm³/mol. The zero-order valence-corrected chi connectivity index (χ0v) is 22.5. The van der Waals surface area contributed by atoms with Crippen LogP contribution in [-0.4, -0.2) is 56.0 Å². The molecule has 37 heavy (non-hydrogen) atoms. The molecule has 3 rings (SSSR count). The van der Waals surface area contributed by atoms with Crippen molar-refractivity contribution in [1.29, 1.82) is 0 Å². The molecule has 1 atom stereocenters. The fourth-order valence-corrected chi connectivity index (χ4v) is 7.32. The number of rotatable bonds is 12. The Hall–Kier alpha value is -3.07. The zero-order chi connectivity index (χ0) is 27.1. The smallest absolute Gasteiger partial charge is 0.131 e. The Labute approximate surface area is 217 Å². The van der Waals surface area contributed by atoms with Crippen LogP contribution in [0.25, 0.3) is 0 Å². The van der Waals surface area contributed by atoms with Gasteiger partial charge in [-0.2, -0.15) is 0 Å². The fraction of sp³-hybridized carbons (Fsp3) is 0.333. The van der Waals surface area contributed by atoms with Gasteiger partial charge in [-0.15, -0.1) is 0 Å². The highest BCUT2D eigenvalue weighted by Crippen LogP contribution is 2.47. The summed E-state index contributed by atoms with van der Waals surface area (Å²) >= 11 is 0. The summed E-state index contributed by atoms with van der Waals surface area (Å²) < 4.78 is 28.2. The average molecular weight is 533 g/mol. The van der Waals surface area contributed by atoms with Gasteiger partial charge in [0.1, 0.15) is 28.7 Å². The lowest BCUT2D eigenvalue weighted by atomic mass is 10.1. The Bertz CT molecular complexity index is 1000. The van der Waals surface area contributed by atoms with Crippen LogP contribution in [-0.2, 0) is 26.4 Å². The van der Waals surface area contributed by atoms with Crippen LogP contribution in [0.15, 0.2) is 36.4 Å². The van der Waals surface area contributed by atoms with E-state index in [0.717, 1.165) is 0 Å². The molecule has 0 amide bonds. The first-order valence-corrected chi connectivity index (χ1v) is 12.7. The second-order valence-corrected chi connectivity index (χ2v) is 9.96. The van der Waals surface area contributed by atoms with Crippen molar-refractivity contribution >= 4 is 23.8 Å². The molecule has 1 unspecified atom stereocenters. The van der Waals surface area contributed by atoms with E-state index in [-0.39, 0.29) is 26.4 Å². The third kappa shape index (κ3) is 5.61. The lowest BCUT2D eigenvalue weighted by Gasteiger charge is -2.30. The molecule has 0 saturated heterocycles. The van der Waals surface area contributed by atoms with Gasteiger partial charge in [-0.05, 0) is 65.8 Å². The molecule has 0 saturated carbocycles. The van der Waals surface area contributed by atoms with E-state index in [1.54, 1.807) is 36.4 Å². The second-order valence-electron chi connectivity index (χ2n) is 7.95. The molecule has 0 fully saturated rings. The van der Waals surface area contributed by atoms with Gasteiger partial charge in [0, 0.05) is 11.4 Å². The first kappa shape index (κ1) is 28.5. The van der Waals surface area contributed by atoms with E-state index in [2.05, 4.69) is 0 Å². The Kier molecular flexibility index (Phi) is 9.97. The molecule has 0 aliphatic carbocycles. The largest absolute Gasteiger partial charge is 0.497 e. The van der Waals surface area contributed by atoms with Crippen molar-refractivity contribution in [2.24, 2.45) is 0 Å². The van der Waals surface area contributed by atoms with Crippen LogP contribution in [0.5, 0.6) is 28.7 Å². The number of aliphatic hydroxyl groups is 4. The third-order valence-corrected chi connectivity index (χ3v) is 8.83. The second kappa shape index (κ2) is 12.9. The van der Waals surface area contributed by atoms with E-state index in [9.17, 15) is 20.4 Å². The quantitative estimate of drug-likeness (QED) is 0.257. The van der Waals surface area contributed by atoms with Gasteiger partial charge in [0.25, 0.3) is 0 Å². The maximum Gasteiger partial charge on any atom is 0.131 e. The van der Waals surface area contributed by atoms with Gasteiger partial charge in [-0.25, -0.2) is 0 Å². The van der Waals surface area contributed by atoms with Gasteiger partial charge in [0.2, 0.25) is 0 Å². The van der Waals surface area contributed by atoms with Gasteiger partial charge in [-0.1, -0.05) is 0 Å². The van der Waals surface area contributed by atoms with E-state index < -0.39 is 7.92 Å². The summed E-state index contributed by atoms with van der Waals surface area (Å²) in [6.07, 6.45) is 0. The molecule has 0 aromatic heterocycles. The molecule has 0 bridgehead atoms. The van der Waals surface area contributed by atoms with Gasteiger partial charge in [0.05, 0.1) is 67.3 Å². The van der Waals surface area contributed by atoms with Crippen LogP contribution in [0.3, 0.4) is 0 Å². The third-order valence-electron chi connectivity index (χ3n) is 5.96. The van der Waals surface area contributed by atoms with Crippen molar-refractivity contribution < 1.29 is 44.1 Å². The van der Waals surface area contributed by atoms with Crippen molar-refractivity contribution in [3.63, 3.8) is 0 Å². The van der Waals surface area contributed by atoms with Crippen molar-refractivity contribution in [3.8, 4) is 28.7 Å². The summed E-state index contributed by atoms with van der Waals surface area (Å²) in [4.78, 5) is 0. The van der Waals surface area contributed by atoms with Crippen molar-refractivity contribution in [3.05, 3.63) is 58.7 Å². The Morgan fingerprint density at radius 1 is 0.486 bits per heavy atom. The van der Waals surface area contributed by atoms with Crippen LogP contribution in [0.4, 0.5) is 0 Å².